The Balaban J connectivity index is 2.12. The first-order valence-electron chi connectivity index (χ1n) is 5.65. The smallest absolute Gasteiger partial charge is 0.240 e. The van der Waals surface area contributed by atoms with Gasteiger partial charge in [0.2, 0.25) is 11.7 Å². The second-order valence-electron chi connectivity index (χ2n) is 4.21. The third-order valence-corrected chi connectivity index (χ3v) is 2.25. The zero-order chi connectivity index (χ0) is 12.3. The van der Waals surface area contributed by atoms with Crippen molar-refractivity contribution in [2.45, 2.75) is 33.4 Å². The Morgan fingerprint density at radius 1 is 1.29 bits per heavy atom. The molecule has 0 fully saturated rings. The summed E-state index contributed by atoms with van der Waals surface area (Å²) in [5.41, 5.74) is 1.68. The van der Waals surface area contributed by atoms with Gasteiger partial charge in [-0.3, -0.25) is 0 Å². The SMILES string of the molecule is Cc1cccc(-c2noc(CNC(C)C)n2)n1. The molecule has 2 aromatic rings. The van der Waals surface area contributed by atoms with E-state index in [4.69, 9.17) is 4.52 Å². The van der Waals surface area contributed by atoms with Crippen molar-refractivity contribution in [3.8, 4) is 11.5 Å². The van der Waals surface area contributed by atoms with E-state index in [9.17, 15) is 0 Å². The first-order valence-corrected chi connectivity index (χ1v) is 5.65. The first-order chi connectivity index (χ1) is 8.15. The van der Waals surface area contributed by atoms with E-state index in [1.54, 1.807) is 0 Å². The van der Waals surface area contributed by atoms with E-state index >= 15 is 0 Å². The molecule has 0 aliphatic heterocycles. The van der Waals surface area contributed by atoms with Crippen molar-refractivity contribution >= 4 is 0 Å². The molecule has 5 heteroatoms. The van der Waals surface area contributed by atoms with Crippen molar-refractivity contribution in [1.82, 2.24) is 20.4 Å². The molecule has 2 aromatic heterocycles. The van der Waals surface area contributed by atoms with Crippen LogP contribution in [0.15, 0.2) is 22.7 Å². The van der Waals surface area contributed by atoms with E-state index in [1.165, 1.54) is 0 Å². The lowest BCUT2D eigenvalue weighted by Gasteiger charge is -2.02. The van der Waals surface area contributed by atoms with Gasteiger partial charge in [-0.15, -0.1) is 0 Å². The zero-order valence-electron chi connectivity index (χ0n) is 10.3. The number of nitrogens with zero attached hydrogens (tertiary/aromatic N) is 3. The quantitative estimate of drug-likeness (QED) is 0.872. The average molecular weight is 232 g/mol. The van der Waals surface area contributed by atoms with Crippen LogP contribution in [0.1, 0.15) is 25.4 Å². The van der Waals surface area contributed by atoms with Gasteiger partial charge in [0.05, 0.1) is 6.54 Å². The number of hydrogen-bond acceptors (Lipinski definition) is 5. The molecule has 0 saturated carbocycles. The summed E-state index contributed by atoms with van der Waals surface area (Å²) < 4.78 is 5.15. The molecule has 0 aliphatic rings. The van der Waals surface area contributed by atoms with E-state index in [2.05, 4.69) is 34.3 Å². The number of aromatic nitrogens is 3. The molecule has 1 N–H and O–H groups in total. The molecule has 0 unspecified atom stereocenters. The van der Waals surface area contributed by atoms with Gasteiger partial charge in [-0.05, 0) is 19.1 Å². The predicted octanol–water partition coefficient (Wildman–Crippen LogP) is 1.94. The van der Waals surface area contributed by atoms with Gasteiger partial charge in [0.15, 0.2) is 0 Å². The van der Waals surface area contributed by atoms with Gasteiger partial charge in [0.1, 0.15) is 5.69 Å². The van der Waals surface area contributed by atoms with Gasteiger partial charge in [-0.2, -0.15) is 4.98 Å². The summed E-state index contributed by atoms with van der Waals surface area (Å²) in [6.07, 6.45) is 0. The Morgan fingerprint density at radius 3 is 2.82 bits per heavy atom. The largest absolute Gasteiger partial charge is 0.337 e. The van der Waals surface area contributed by atoms with Crippen molar-refractivity contribution in [1.29, 1.82) is 0 Å². The first kappa shape index (κ1) is 11.7. The Labute approximate surface area is 100 Å². The highest BCUT2D eigenvalue weighted by Crippen LogP contribution is 2.13. The maximum absolute atomic E-state index is 5.15. The standard InChI is InChI=1S/C12H16N4O/c1-8(2)13-7-11-15-12(16-17-11)10-6-4-5-9(3)14-10/h4-6,8,13H,7H2,1-3H3. The fourth-order valence-electron chi connectivity index (χ4n) is 1.39. The lowest BCUT2D eigenvalue weighted by molar-refractivity contribution is 0.362. The van der Waals surface area contributed by atoms with Crippen molar-refractivity contribution in [3.63, 3.8) is 0 Å². The molecule has 0 bridgehead atoms. The van der Waals surface area contributed by atoms with Crippen LogP contribution in [0.3, 0.4) is 0 Å². The molecule has 0 spiro atoms. The van der Waals surface area contributed by atoms with E-state index in [0.717, 1.165) is 11.4 Å². The van der Waals surface area contributed by atoms with Crippen LogP contribution in [-0.4, -0.2) is 21.2 Å². The lowest BCUT2D eigenvalue weighted by Crippen LogP contribution is -2.21. The molecule has 2 rings (SSSR count). The van der Waals surface area contributed by atoms with Crippen LogP contribution >= 0.6 is 0 Å². The highest BCUT2D eigenvalue weighted by Gasteiger charge is 2.09. The Kier molecular flexibility index (Phi) is 3.49. The lowest BCUT2D eigenvalue weighted by atomic mass is 10.3. The molecule has 0 aliphatic carbocycles. The van der Waals surface area contributed by atoms with Crippen LogP contribution in [0.5, 0.6) is 0 Å². The number of nitrogens with one attached hydrogen (secondary N) is 1. The van der Waals surface area contributed by atoms with Crippen molar-refractivity contribution in [2.75, 3.05) is 0 Å². The van der Waals surface area contributed by atoms with Gasteiger partial charge >= 0.3 is 0 Å². The van der Waals surface area contributed by atoms with Crippen LogP contribution < -0.4 is 5.32 Å². The van der Waals surface area contributed by atoms with E-state index in [0.29, 0.717) is 24.3 Å². The highest BCUT2D eigenvalue weighted by molar-refractivity contribution is 5.47. The summed E-state index contributed by atoms with van der Waals surface area (Å²) >= 11 is 0. The molecule has 0 saturated heterocycles. The van der Waals surface area contributed by atoms with Gasteiger partial charge in [0.25, 0.3) is 0 Å². The molecule has 0 radical (unpaired) electrons. The summed E-state index contributed by atoms with van der Waals surface area (Å²) in [5.74, 6) is 1.12. The number of pyridine rings is 1. The van der Waals surface area contributed by atoms with Gasteiger partial charge in [-0.1, -0.05) is 25.1 Å². The van der Waals surface area contributed by atoms with E-state index in [-0.39, 0.29) is 0 Å². The molecular weight excluding hydrogens is 216 g/mol. The summed E-state index contributed by atoms with van der Waals surface area (Å²) in [4.78, 5) is 8.64. The Morgan fingerprint density at radius 2 is 2.12 bits per heavy atom. The molecule has 0 amide bonds. The normalized spacial score (nSPS) is 11.1. The van der Waals surface area contributed by atoms with Crippen molar-refractivity contribution in [2.24, 2.45) is 0 Å². The number of rotatable bonds is 4. The van der Waals surface area contributed by atoms with Crippen LogP contribution in [0, 0.1) is 6.92 Å². The van der Waals surface area contributed by atoms with Gasteiger partial charge < -0.3 is 9.84 Å². The molecule has 90 valence electrons. The van der Waals surface area contributed by atoms with Crippen LogP contribution in [0.2, 0.25) is 0 Å². The molecule has 0 aromatic carbocycles. The predicted molar refractivity (Wildman–Crippen MR) is 64.2 cm³/mol. The van der Waals surface area contributed by atoms with Crippen LogP contribution in [0.25, 0.3) is 11.5 Å². The van der Waals surface area contributed by atoms with Gasteiger partial charge in [-0.25, -0.2) is 4.98 Å². The van der Waals surface area contributed by atoms with Crippen LogP contribution in [-0.2, 0) is 6.54 Å². The minimum atomic E-state index is 0.391. The van der Waals surface area contributed by atoms with E-state index < -0.39 is 0 Å². The van der Waals surface area contributed by atoms with E-state index in [1.807, 2.05) is 25.1 Å². The second-order valence-corrected chi connectivity index (χ2v) is 4.21. The molecule has 2 heterocycles. The molecular formula is C12H16N4O. The fourth-order valence-corrected chi connectivity index (χ4v) is 1.39. The average Bonchev–Trinajstić information content (AvgIpc) is 2.75. The minimum absolute atomic E-state index is 0.391. The second kappa shape index (κ2) is 5.05. The number of aryl methyl sites for hydroxylation is 1. The maximum Gasteiger partial charge on any atom is 0.240 e. The zero-order valence-corrected chi connectivity index (χ0v) is 10.3. The maximum atomic E-state index is 5.15. The molecule has 5 nitrogen and oxygen atoms in total. The third-order valence-electron chi connectivity index (χ3n) is 2.25. The monoisotopic (exact) mass is 232 g/mol. The number of hydrogen-bond donors (Lipinski definition) is 1. The molecule has 0 atom stereocenters. The highest BCUT2D eigenvalue weighted by atomic mass is 16.5. The third kappa shape index (κ3) is 3.10. The van der Waals surface area contributed by atoms with Crippen LogP contribution in [0.4, 0.5) is 0 Å². The van der Waals surface area contributed by atoms with Crippen molar-refractivity contribution < 1.29 is 4.52 Å². The Hall–Kier alpha value is -1.75. The summed E-state index contributed by atoms with van der Waals surface area (Å²) in [6, 6.07) is 6.13. The molecule has 17 heavy (non-hydrogen) atoms. The minimum Gasteiger partial charge on any atom is -0.337 e. The van der Waals surface area contributed by atoms with Gasteiger partial charge in [0, 0.05) is 11.7 Å². The Bertz CT molecular complexity index is 493. The van der Waals surface area contributed by atoms with Crippen molar-refractivity contribution in [3.05, 3.63) is 29.8 Å². The summed E-state index contributed by atoms with van der Waals surface area (Å²) in [7, 11) is 0. The summed E-state index contributed by atoms with van der Waals surface area (Å²) in [6.45, 7) is 6.65. The topological polar surface area (TPSA) is 63.8 Å². The fraction of sp³-hybridized carbons (Fsp3) is 0.417. The summed E-state index contributed by atoms with van der Waals surface area (Å²) in [5, 5.41) is 7.14.